The van der Waals surface area contributed by atoms with Crippen molar-refractivity contribution in [1.29, 1.82) is 0 Å². The summed E-state index contributed by atoms with van der Waals surface area (Å²) >= 11 is 17.7. The number of carbonyl (C=O) groups is 2. The van der Waals surface area contributed by atoms with Gasteiger partial charge in [0.05, 0.1) is 5.75 Å². The first-order valence-corrected chi connectivity index (χ1v) is 13.1. The van der Waals surface area contributed by atoms with Gasteiger partial charge in [-0.3, -0.25) is 9.59 Å². The lowest BCUT2D eigenvalue weighted by Crippen LogP contribution is -2.53. The Morgan fingerprint density at radius 3 is 2.22 bits per heavy atom. The molecule has 0 fully saturated rings. The van der Waals surface area contributed by atoms with Crippen molar-refractivity contribution in [3.63, 3.8) is 0 Å². The number of hydrogen-bond donors (Lipinski definition) is 1. The zero-order valence-corrected chi connectivity index (χ0v) is 22.7. The second-order valence-corrected chi connectivity index (χ2v) is 11.2. The second kappa shape index (κ2) is 12.3. The topological polar surface area (TPSA) is 49.4 Å². The molecule has 0 aliphatic carbocycles. The summed E-state index contributed by atoms with van der Waals surface area (Å²) in [5.74, 6) is 0.635. The molecule has 174 valence electrons. The molecule has 0 aliphatic heterocycles. The monoisotopic (exact) mass is 558 g/mol. The molecule has 32 heavy (non-hydrogen) atoms. The summed E-state index contributed by atoms with van der Waals surface area (Å²) in [7, 11) is 0. The summed E-state index contributed by atoms with van der Waals surface area (Å²) in [4.78, 5) is 28.0. The number of thioether (sulfide) groups is 1. The van der Waals surface area contributed by atoms with E-state index in [0.29, 0.717) is 27.8 Å². The minimum atomic E-state index is -0.623. The van der Waals surface area contributed by atoms with E-state index in [9.17, 15) is 9.59 Å². The van der Waals surface area contributed by atoms with Crippen LogP contribution in [0.25, 0.3) is 0 Å². The molecule has 0 heterocycles. The van der Waals surface area contributed by atoms with Gasteiger partial charge in [-0.1, -0.05) is 64.3 Å². The van der Waals surface area contributed by atoms with Gasteiger partial charge in [-0.25, -0.2) is 0 Å². The van der Waals surface area contributed by atoms with Crippen LogP contribution in [0.5, 0.6) is 0 Å². The third-order valence-electron chi connectivity index (χ3n) is 4.68. The average molecular weight is 560 g/mol. The normalized spacial score (nSPS) is 12.3. The fourth-order valence-corrected chi connectivity index (χ4v) is 4.80. The Morgan fingerprint density at radius 1 is 1.09 bits per heavy atom. The number of amides is 2. The third-order valence-corrected chi connectivity index (χ3v) is 6.91. The molecule has 0 unspecified atom stereocenters. The van der Waals surface area contributed by atoms with Crippen LogP contribution in [-0.4, -0.2) is 34.0 Å². The van der Waals surface area contributed by atoms with E-state index in [1.165, 1.54) is 11.8 Å². The van der Waals surface area contributed by atoms with Crippen molar-refractivity contribution in [2.24, 2.45) is 0 Å². The highest BCUT2D eigenvalue weighted by Crippen LogP contribution is 2.27. The first-order chi connectivity index (χ1) is 15.0. The van der Waals surface area contributed by atoms with Crippen molar-refractivity contribution in [3.8, 4) is 0 Å². The first-order valence-electron chi connectivity index (χ1n) is 10.4. The van der Waals surface area contributed by atoms with E-state index in [-0.39, 0.29) is 24.1 Å². The van der Waals surface area contributed by atoms with Crippen molar-refractivity contribution in [2.75, 3.05) is 5.75 Å². The quantitative estimate of drug-likeness (QED) is 0.371. The Balaban J connectivity index is 2.22. The first kappa shape index (κ1) is 27.0. The lowest BCUT2D eigenvalue weighted by Gasteiger charge is -2.33. The third kappa shape index (κ3) is 8.29. The number of rotatable bonds is 9. The Bertz CT molecular complexity index is 912. The van der Waals surface area contributed by atoms with E-state index in [0.717, 1.165) is 10.0 Å². The van der Waals surface area contributed by atoms with Gasteiger partial charge in [0.15, 0.2) is 0 Å². The lowest BCUT2D eigenvalue weighted by molar-refractivity contribution is -0.140. The molecule has 2 aromatic rings. The van der Waals surface area contributed by atoms with E-state index >= 15 is 0 Å². The van der Waals surface area contributed by atoms with Gasteiger partial charge in [0.1, 0.15) is 6.04 Å². The highest BCUT2D eigenvalue weighted by molar-refractivity contribution is 9.10. The molecule has 0 radical (unpaired) electrons. The van der Waals surface area contributed by atoms with Gasteiger partial charge in [-0.05, 0) is 57.0 Å². The Morgan fingerprint density at radius 2 is 1.69 bits per heavy atom. The molecule has 0 saturated carbocycles. The van der Waals surface area contributed by atoms with Gasteiger partial charge in [-0.2, -0.15) is 0 Å². The fraction of sp³-hybridized carbons (Fsp3) is 0.417. The molecule has 1 atom stereocenters. The molecule has 2 rings (SSSR count). The summed E-state index contributed by atoms with van der Waals surface area (Å²) in [5.41, 5.74) is 1.37. The van der Waals surface area contributed by atoms with Gasteiger partial charge < -0.3 is 10.2 Å². The number of benzene rings is 2. The van der Waals surface area contributed by atoms with Crippen LogP contribution in [0.15, 0.2) is 46.9 Å². The molecule has 0 aromatic heterocycles. The highest BCUT2D eigenvalue weighted by atomic mass is 79.9. The largest absolute Gasteiger partial charge is 0.350 e. The number of carbonyl (C=O) groups excluding carboxylic acids is 2. The van der Waals surface area contributed by atoms with Crippen LogP contribution in [0.1, 0.15) is 45.2 Å². The van der Waals surface area contributed by atoms with Gasteiger partial charge in [-0.15, -0.1) is 11.8 Å². The summed E-state index contributed by atoms with van der Waals surface area (Å²) in [6.07, 6.45) is 0.479. The van der Waals surface area contributed by atoms with E-state index in [2.05, 4.69) is 21.2 Å². The summed E-state index contributed by atoms with van der Waals surface area (Å²) in [6, 6.07) is 12.6. The average Bonchev–Trinajstić information content (AvgIpc) is 2.70. The van der Waals surface area contributed by atoms with Crippen molar-refractivity contribution >= 4 is 62.7 Å². The molecule has 8 heteroatoms. The zero-order chi connectivity index (χ0) is 23.9. The number of nitrogens with one attached hydrogen (secondary N) is 1. The molecule has 0 aliphatic rings. The maximum Gasteiger partial charge on any atom is 0.243 e. The van der Waals surface area contributed by atoms with Crippen molar-refractivity contribution < 1.29 is 9.59 Å². The maximum atomic E-state index is 13.3. The number of halogens is 3. The maximum absolute atomic E-state index is 13.3. The van der Waals surface area contributed by atoms with Gasteiger partial charge in [0.25, 0.3) is 0 Å². The number of hydrogen-bond acceptors (Lipinski definition) is 3. The molecule has 4 nitrogen and oxygen atoms in total. The van der Waals surface area contributed by atoms with Crippen LogP contribution < -0.4 is 5.32 Å². The Hall–Kier alpha value is -1.21. The van der Waals surface area contributed by atoms with E-state index in [1.807, 2.05) is 52.0 Å². The Kier molecular flexibility index (Phi) is 10.4. The van der Waals surface area contributed by atoms with Crippen LogP contribution in [0.2, 0.25) is 10.0 Å². The molecule has 0 saturated heterocycles. The van der Waals surface area contributed by atoms with E-state index in [4.69, 9.17) is 23.2 Å². The van der Waals surface area contributed by atoms with Gasteiger partial charge in [0, 0.05) is 37.9 Å². The van der Waals surface area contributed by atoms with E-state index in [1.54, 1.807) is 23.1 Å². The highest BCUT2D eigenvalue weighted by Gasteiger charge is 2.31. The van der Waals surface area contributed by atoms with Crippen LogP contribution in [-0.2, 0) is 21.9 Å². The van der Waals surface area contributed by atoms with Crippen LogP contribution in [0, 0.1) is 0 Å². The van der Waals surface area contributed by atoms with Crippen molar-refractivity contribution in [1.82, 2.24) is 10.2 Å². The molecular weight excluding hydrogens is 531 g/mol. The van der Waals surface area contributed by atoms with Crippen LogP contribution >= 0.6 is 50.9 Å². The van der Waals surface area contributed by atoms with Crippen LogP contribution in [0.4, 0.5) is 0 Å². The van der Waals surface area contributed by atoms with E-state index < -0.39 is 11.6 Å². The summed E-state index contributed by atoms with van der Waals surface area (Å²) in [6.45, 7) is 7.83. The second-order valence-electron chi connectivity index (χ2n) is 8.50. The standard InChI is InChI=1S/C24H29BrCl2N2O2S/c1-5-21(23(31)28-24(2,3)4)29(13-18-19(26)7-6-8-20(18)27)22(30)15-32-14-16-9-11-17(25)12-10-16/h6-12,21H,5,13-15H2,1-4H3,(H,28,31)/t21-/m1/s1. The van der Waals surface area contributed by atoms with Gasteiger partial charge >= 0.3 is 0 Å². The minimum Gasteiger partial charge on any atom is -0.350 e. The predicted molar refractivity (Wildman–Crippen MR) is 139 cm³/mol. The molecule has 1 N–H and O–H groups in total. The SMILES string of the molecule is CC[C@H](C(=O)NC(C)(C)C)N(Cc1c(Cl)cccc1Cl)C(=O)CSCc1ccc(Br)cc1. The summed E-state index contributed by atoms with van der Waals surface area (Å²) < 4.78 is 1.01. The molecule has 0 spiro atoms. The lowest BCUT2D eigenvalue weighted by atomic mass is 10.1. The van der Waals surface area contributed by atoms with Crippen molar-refractivity contribution in [2.45, 2.75) is 58.0 Å². The zero-order valence-electron chi connectivity index (χ0n) is 18.8. The molecule has 2 amide bonds. The molecule has 0 bridgehead atoms. The summed E-state index contributed by atoms with van der Waals surface area (Å²) in [5, 5.41) is 3.95. The smallest absolute Gasteiger partial charge is 0.243 e. The Labute approximate surface area is 213 Å². The molecular formula is C24H29BrCl2N2O2S. The fourth-order valence-electron chi connectivity index (χ4n) is 3.15. The molecule has 2 aromatic carbocycles. The minimum absolute atomic E-state index is 0.126. The van der Waals surface area contributed by atoms with Gasteiger partial charge in [0.2, 0.25) is 11.8 Å². The van der Waals surface area contributed by atoms with Crippen LogP contribution in [0.3, 0.4) is 0 Å². The van der Waals surface area contributed by atoms with Crippen molar-refractivity contribution in [3.05, 3.63) is 68.1 Å². The predicted octanol–water partition coefficient (Wildman–Crippen LogP) is 6.71. The number of nitrogens with zero attached hydrogens (tertiary/aromatic N) is 1.